The smallest absolute Gasteiger partial charge is 0.126 e. The van der Waals surface area contributed by atoms with E-state index in [1.165, 1.54) is 0 Å². The van der Waals surface area contributed by atoms with E-state index >= 15 is 0 Å². The van der Waals surface area contributed by atoms with E-state index in [2.05, 4.69) is 0 Å². The molecule has 1 aromatic rings. The average Bonchev–Trinajstić information content (AvgIpc) is 2.17. The lowest BCUT2D eigenvalue weighted by Gasteiger charge is -2.05. The van der Waals surface area contributed by atoms with Gasteiger partial charge in [-0.2, -0.15) is 0 Å². The Labute approximate surface area is 84.4 Å². The molecule has 0 aromatic heterocycles. The second-order valence-electron chi connectivity index (χ2n) is 3.29. The highest BCUT2D eigenvalue weighted by Crippen LogP contribution is 2.17. The highest BCUT2D eigenvalue weighted by molar-refractivity contribution is 5.55. The Morgan fingerprint density at radius 1 is 1.43 bits per heavy atom. The van der Waals surface area contributed by atoms with Gasteiger partial charge >= 0.3 is 0 Å². The maximum Gasteiger partial charge on any atom is 0.126 e. The minimum Gasteiger partial charge on any atom is -0.327 e. The minimum absolute atomic E-state index is 0.116. The van der Waals surface area contributed by atoms with Crippen LogP contribution in [0.5, 0.6) is 0 Å². The van der Waals surface area contributed by atoms with E-state index in [0.29, 0.717) is 6.54 Å². The Balaban J connectivity index is 3.10. The number of aryl methyl sites for hydroxylation is 2. The lowest BCUT2D eigenvalue weighted by atomic mass is 10.0. The molecule has 1 rings (SSSR count). The molecule has 2 heteroatoms. The summed E-state index contributed by atoms with van der Waals surface area (Å²) in [5, 5.41) is 0. The molecule has 0 spiro atoms. The summed E-state index contributed by atoms with van der Waals surface area (Å²) >= 11 is 0. The monoisotopic (exact) mass is 193 g/mol. The van der Waals surface area contributed by atoms with E-state index in [0.717, 1.165) is 23.1 Å². The highest BCUT2D eigenvalue weighted by Gasteiger charge is 2.03. The van der Waals surface area contributed by atoms with Gasteiger partial charge in [-0.15, -0.1) is 0 Å². The molecule has 0 aliphatic heterocycles. The summed E-state index contributed by atoms with van der Waals surface area (Å²) in [5.74, 6) is -0.116. The Morgan fingerprint density at radius 2 is 2.14 bits per heavy atom. The molecule has 0 fully saturated rings. The second kappa shape index (κ2) is 4.91. The van der Waals surface area contributed by atoms with E-state index in [4.69, 9.17) is 5.73 Å². The summed E-state index contributed by atoms with van der Waals surface area (Å²) in [4.78, 5) is 0. The maximum absolute atomic E-state index is 13.3. The van der Waals surface area contributed by atoms with Crippen molar-refractivity contribution in [1.29, 1.82) is 0 Å². The van der Waals surface area contributed by atoms with E-state index in [1.54, 1.807) is 6.07 Å². The van der Waals surface area contributed by atoms with Gasteiger partial charge in [0.05, 0.1) is 0 Å². The molecule has 1 nitrogen and oxygen atoms in total. The van der Waals surface area contributed by atoms with Gasteiger partial charge in [0.1, 0.15) is 5.82 Å². The van der Waals surface area contributed by atoms with Crippen LogP contribution in [0.2, 0.25) is 0 Å². The van der Waals surface area contributed by atoms with Gasteiger partial charge in [0.25, 0.3) is 0 Å². The molecule has 0 aliphatic carbocycles. The Kier molecular flexibility index (Phi) is 3.84. The van der Waals surface area contributed by atoms with Crippen molar-refractivity contribution < 1.29 is 4.39 Å². The van der Waals surface area contributed by atoms with Crippen LogP contribution in [0, 0.1) is 12.7 Å². The van der Waals surface area contributed by atoms with Gasteiger partial charge in [0, 0.05) is 6.54 Å². The van der Waals surface area contributed by atoms with Crippen molar-refractivity contribution in [2.75, 3.05) is 6.54 Å². The van der Waals surface area contributed by atoms with Gasteiger partial charge in [-0.1, -0.05) is 19.1 Å². The summed E-state index contributed by atoms with van der Waals surface area (Å²) in [6, 6.07) is 3.46. The first-order valence-electron chi connectivity index (χ1n) is 4.84. The van der Waals surface area contributed by atoms with Crippen LogP contribution in [-0.4, -0.2) is 6.54 Å². The molecule has 0 bridgehead atoms. The lowest BCUT2D eigenvalue weighted by Crippen LogP contribution is -1.94. The predicted octanol–water partition coefficient (Wildman–Crippen LogP) is 2.67. The molecule has 0 unspecified atom stereocenters. The van der Waals surface area contributed by atoms with Gasteiger partial charge < -0.3 is 5.73 Å². The summed E-state index contributed by atoms with van der Waals surface area (Å²) in [6.07, 6.45) is 4.53. The standard InChI is InChI=1S/C12H16FN/c1-3-10-8-11(5-4-6-14)9(2)7-12(10)13/h4-5,7-8H,3,6,14H2,1-2H3/b5-4+. The third kappa shape index (κ3) is 2.42. The van der Waals surface area contributed by atoms with Crippen molar-refractivity contribution >= 4 is 6.08 Å². The summed E-state index contributed by atoms with van der Waals surface area (Å²) < 4.78 is 13.3. The van der Waals surface area contributed by atoms with Crippen LogP contribution in [0.15, 0.2) is 18.2 Å². The fourth-order valence-corrected chi connectivity index (χ4v) is 1.38. The number of halogens is 1. The topological polar surface area (TPSA) is 26.0 Å². The molecular formula is C12H16FN. The van der Waals surface area contributed by atoms with Gasteiger partial charge in [0.15, 0.2) is 0 Å². The normalized spacial score (nSPS) is 11.1. The molecule has 14 heavy (non-hydrogen) atoms. The molecule has 0 saturated carbocycles. The summed E-state index contributed by atoms with van der Waals surface area (Å²) in [7, 11) is 0. The number of hydrogen-bond donors (Lipinski definition) is 1. The first kappa shape index (κ1) is 10.9. The molecule has 0 atom stereocenters. The molecule has 0 aliphatic rings. The fraction of sp³-hybridized carbons (Fsp3) is 0.333. The number of rotatable bonds is 3. The Morgan fingerprint density at radius 3 is 2.71 bits per heavy atom. The molecule has 0 heterocycles. The van der Waals surface area contributed by atoms with Crippen LogP contribution in [-0.2, 0) is 6.42 Å². The zero-order chi connectivity index (χ0) is 10.6. The number of benzene rings is 1. The van der Waals surface area contributed by atoms with Gasteiger partial charge in [-0.05, 0) is 42.2 Å². The van der Waals surface area contributed by atoms with Crippen molar-refractivity contribution in [3.63, 3.8) is 0 Å². The van der Waals surface area contributed by atoms with Crippen LogP contribution >= 0.6 is 0 Å². The predicted molar refractivity (Wildman–Crippen MR) is 58.6 cm³/mol. The van der Waals surface area contributed by atoms with Crippen molar-refractivity contribution in [1.82, 2.24) is 0 Å². The van der Waals surface area contributed by atoms with Crippen molar-refractivity contribution in [3.05, 3.63) is 40.7 Å². The van der Waals surface area contributed by atoms with Crippen molar-refractivity contribution in [2.24, 2.45) is 5.73 Å². The van der Waals surface area contributed by atoms with Crippen LogP contribution in [0.4, 0.5) is 4.39 Å². The third-order valence-electron chi connectivity index (χ3n) is 2.25. The Bertz CT molecular complexity index is 342. The number of nitrogens with two attached hydrogens (primary N) is 1. The van der Waals surface area contributed by atoms with E-state index in [9.17, 15) is 4.39 Å². The fourth-order valence-electron chi connectivity index (χ4n) is 1.38. The van der Waals surface area contributed by atoms with Gasteiger partial charge in [0.2, 0.25) is 0 Å². The van der Waals surface area contributed by atoms with Crippen LogP contribution < -0.4 is 5.73 Å². The minimum atomic E-state index is -0.116. The molecule has 76 valence electrons. The first-order valence-corrected chi connectivity index (χ1v) is 4.84. The maximum atomic E-state index is 13.3. The summed E-state index contributed by atoms with van der Waals surface area (Å²) in [5.41, 5.74) is 8.12. The molecule has 0 radical (unpaired) electrons. The quantitative estimate of drug-likeness (QED) is 0.784. The van der Waals surface area contributed by atoms with E-state index in [1.807, 2.05) is 32.1 Å². The van der Waals surface area contributed by atoms with Crippen LogP contribution in [0.3, 0.4) is 0 Å². The third-order valence-corrected chi connectivity index (χ3v) is 2.25. The lowest BCUT2D eigenvalue weighted by molar-refractivity contribution is 0.611. The van der Waals surface area contributed by atoms with Crippen LogP contribution in [0.1, 0.15) is 23.6 Å². The second-order valence-corrected chi connectivity index (χ2v) is 3.29. The molecule has 1 aromatic carbocycles. The molecule has 0 saturated heterocycles. The first-order chi connectivity index (χ1) is 6.69. The van der Waals surface area contributed by atoms with E-state index < -0.39 is 0 Å². The van der Waals surface area contributed by atoms with Crippen molar-refractivity contribution in [2.45, 2.75) is 20.3 Å². The highest BCUT2D eigenvalue weighted by atomic mass is 19.1. The molecule has 2 N–H and O–H groups in total. The molecular weight excluding hydrogens is 177 g/mol. The van der Waals surface area contributed by atoms with Crippen molar-refractivity contribution in [3.8, 4) is 0 Å². The van der Waals surface area contributed by atoms with Gasteiger partial charge in [-0.3, -0.25) is 0 Å². The van der Waals surface area contributed by atoms with Crippen LogP contribution in [0.25, 0.3) is 6.08 Å². The van der Waals surface area contributed by atoms with Gasteiger partial charge in [-0.25, -0.2) is 4.39 Å². The summed E-state index contributed by atoms with van der Waals surface area (Å²) in [6.45, 7) is 4.36. The number of hydrogen-bond acceptors (Lipinski definition) is 1. The Hall–Kier alpha value is -1.15. The largest absolute Gasteiger partial charge is 0.327 e. The van der Waals surface area contributed by atoms with E-state index in [-0.39, 0.29) is 5.82 Å². The average molecular weight is 193 g/mol. The SMILES string of the molecule is CCc1cc(/C=C/CN)c(C)cc1F. The molecule has 0 amide bonds. The zero-order valence-corrected chi connectivity index (χ0v) is 8.68. The zero-order valence-electron chi connectivity index (χ0n) is 8.68.